The number of rotatable bonds is 3. The molecule has 0 aliphatic carbocycles. The molecule has 0 aliphatic rings. The molecule has 0 heterocycles. The predicted octanol–water partition coefficient (Wildman–Crippen LogP) is 3.50. The summed E-state index contributed by atoms with van der Waals surface area (Å²) in [6, 6.07) is 5.34. The average Bonchev–Trinajstić information content (AvgIpc) is 2.22. The smallest absolute Gasteiger partial charge is 0.255 e. The molecule has 2 nitrogen and oxygen atoms in total. The molecule has 88 valence electrons. The van der Waals surface area contributed by atoms with Gasteiger partial charge in [0.1, 0.15) is 0 Å². The van der Waals surface area contributed by atoms with Crippen LogP contribution in [0.4, 0.5) is 0 Å². The molecule has 0 unspecified atom stereocenters. The third kappa shape index (κ3) is 2.92. The molecule has 0 aliphatic heterocycles. The molecule has 0 radical (unpaired) electrons. The number of hydrogen-bond donors (Lipinski definition) is 1. The van der Waals surface area contributed by atoms with Crippen molar-refractivity contribution in [1.29, 1.82) is 0 Å². The molecule has 0 saturated carbocycles. The van der Waals surface area contributed by atoms with E-state index >= 15 is 0 Å². The van der Waals surface area contributed by atoms with Crippen LogP contribution in [0.15, 0.2) is 23.1 Å². The fourth-order valence-corrected chi connectivity index (χ4v) is 1.98. The maximum atomic E-state index is 12.2. The van der Waals surface area contributed by atoms with Crippen LogP contribution in [0.2, 0.25) is 5.02 Å². The Morgan fingerprint density at radius 3 is 2.62 bits per heavy atom. The summed E-state index contributed by atoms with van der Waals surface area (Å²) in [5.41, 5.74) is 0.518. The minimum absolute atomic E-state index is 0.0431. The maximum Gasteiger partial charge on any atom is 0.255 e. The summed E-state index contributed by atoms with van der Waals surface area (Å²) in [7, 11) is 0. The van der Waals surface area contributed by atoms with E-state index in [1.54, 1.807) is 23.1 Å². The highest BCUT2D eigenvalue weighted by molar-refractivity contribution is 7.80. The summed E-state index contributed by atoms with van der Waals surface area (Å²) in [6.45, 7) is 6.60. The standard InChI is InChI=1S/C12H16ClNOS/c1-4-14(8(2)3)12(15)10-7-9(16)5-6-11(10)13/h5-8,16H,4H2,1-3H3. The van der Waals surface area contributed by atoms with Crippen LogP contribution in [0, 0.1) is 0 Å². The Kier molecular flexibility index (Phi) is 4.69. The molecule has 0 saturated heterocycles. The number of carbonyl (C=O) groups is 1. The molecule has 1 amide bonds. The summed E-state index contributed by atoms with van der Waals surface area (Å²) in [5, 5.41) is 0.474. The van der Waals surface area contributed by atoms with Crippen molar-refractivity contribution in [2.24, 2.45) is 0 Å². The van der Waals surface area contributed by atoms with E-state index in [4.69, 9.17) is 11.6 Å². The van der Waals surface area contributed by atoms with Crippen LogP contribution in [0.25, 0.3) is 0 Å². The van der Waals surface area contributed by atoms with Crippen LogP contribution in [-0.4, -0.2) is 23.4 Å². The first-order valence-electron chi connectivity index (χ1n) is 5.26. The van der Waals surface area contributed by atoms with Crippen molar-refractivity contribution in [1.82, 2.24) is 4.90 Å². The van der Waals surface area contributed by atoms with E-state index in [9.17, 15) is 4.79 Å². The third-order valence-corrected chi connectivity index (χ3v) is 3.01. The first kappa shape index (κ1) is 13.4. The Bertz CT molecular complexity index is 393. The zero-order chi connectivity index (χ0) is 12.3. The van der Waals surface area contributed by atoms with E-state index in [2.05, 4.69) is 12.6 Å². The van der Waals surface area contributed by atoms with Gasteiger partial charge in [0.25, 0.3) is 5.91 Å². The second-order valence-corrected chi connectivity index (χ2v) is 4.77. The molecular formula is C12H16ClNOS. The normalized spacial score (nSPS) is 10.6. The topological polar surface area (TPSA) is 20.3 Å². The quantitative estimate of drug-likeness (QED) is 0.822. The van der Waals surface area contributed by atoms with Crippen molar-refractivity contribution in [2.75, 3.05) is 6.54 Å². The van der Waals surface area contributed by atoms with Gasteiger partial charge in [-0.3, -0.25) is 4.79 Å². The zero-order valence-electron chi connectivity index (χ0n) is 9.70. The van der Waals surface area contributed by atoms with Crippen molar-refractivity contribution < 1.29 is 4.79 Å². The van der Waals surface area contributed by atoms with Crippen LogP contribution in [0.5, 0.6) is 0 Å². The number of amides is 1. The Labute approximate surface area is 107 Å². The van der Waals surface area contributed by atoms with Gasteiger partial charge in [0, 0.05) is 17.5 Å². The molecule has 16 heavy (non-hydrogen) atoms. The number of carbonyl (C=O) groups excluding carboxylic acids is 1. The van der Waals surface area contributed by atoms with E-state index in [-0.39, 0.29) is 11.9 Å². The molecular weight excluding hydrogens is 242 g/mol. The lowest BCUT2D eigenvalue weighted by Gasteiger charge is -2.25. The van der Waals surface area contributed by atoms with Gasteiger partial charge in [-0.15, -0.1) is 12.6 Å². The second kappa shape index (κ2) is 5.60. The van der Waals surface area contributed by atoms with Crippen molar-refractivity contribution in [3.05, 3.63) is 28.8 Å². The van der Waals surface area contributed by atoms with Crippen molar-refractivity contribution in [3.63, 3.8) is 0 Å². The SMILES string of the molecule is CCN(C(=O)c1cc(S)ccc1Cl)C(C)C. The van der Waals surface area contributed by atoms with Gasteiger partial charge >= 0.3 is 0 Å². The van der Waals surface area contributed by atoms with Gasteiger partial charge in [-0.05, 0) is 39.0 Å². The van der Waals surface area contributed by atoms with Gasteiger partial charge in [0.2, 0.25) is 0 Å². The van der Waals surface area contributed by atoms with Gasteiger partial charge in [-0.1, -0.05) is 11.6 Å². The fourth-order valence-electron chi connectivity index (χ4n) is 1.58. The van der Waals surface area contributed by atoms with E-state index in [1.165, 1.54) is 0 Å². The second-order valence-electron chi connectivity index (χ2n) is 3.85. The maximum absolute atomic E-state index is 12.2. The average molecular weight is 258 g/mol. The number of halogens is 1. The minimum atomic E-state index is -0.0431. The van der Waals surface area contributed by atoms with Crippen molar-refractivity contribution in [2.45, 2.75) is 31.7 Å². The Morgan fingerprint density at radius 1 is 1.50 bits per heavy atom. The van der Waals surface area contributed by atoms with Gasteiger partial charge in [0.15, 0.2) is 0 Å². The van der Waals surface area contributed by atoms with Crippen LogP contribution in [-0.2, 0) is 0 Å². The van der Waals surface area contributed by atoms with E-state index < -0.39 is 0 Å². The number of thiol groups is 1. The highest BCUT2D eigenvalue weighted by Gasteiger charge is 2.19. The zero-order valence-corrected chi connectivity index (χ0v) is 11.3. The number of benzene rings is 1. The van der Waals surface area contributed by atoms with Crippen LogP contribution in [0.3, 0.4) is 0 Å². The fraction of sp³-hybridized carbons (Fsp3) is 0.417. The lowest BCUT2D eigenvalue weighted by atomic mass is 10.1. The first-order chi connectivity index (χ1) is 7.47. The molecule has 0 aromatic heterocycles. The van der Waals surface area contributed by atoms with Gasteiger partial charge < -0.3 is 4.90 Å². The number of nitrogens with zero attached hydrogens (tertiary/aromatic N) is 1. The summed E-state index contributed by atoms with van der Waals surface area (Å²) in [4.78, 5) is 14.7. The molecule has 0 atom stereocenters. The Balaban J connectivity index is 3.08. The lowest BCUT2D eigenvalue weighted by Crippen LogP contribution is -2.36. The minimum Gasteiger partial charge on any atom is -0.336 e. The van der Waals surface area contributed by atoms with Gasteiger partial charge in [-0.2, -0.15) is 0 Å². The van der Waals surface area contributed by atoms with Crippen LogP contribution >= 0.6 is 24.2 Å². The Hall–Kier alpha value is -0.670. The predicted molar refractivity (Wildman–Crippen MR) is 70.6 cm³/mol. The monoisotopic (exact) mass is 257 g/mol. The van der Waals surface area contributed by atoms with Gasteiger partial charge in [-0.25, -0.2) is 0 Å². The van der Waals surface area contributed by atoms with E-state index in [0.29, 0.717) is 17.1 Å². The molecule has 0 bridgehead atoms. The van der Waals surface area contributed by atoms with Crippen LogP contribution in [0.1, 0.15) is 31.1 Å². The third-order valence-electron chi connectivity index (χ3n) is 2.41. The summed E-state index contributed by atoms with van der Waals surface area (Å²) < 4.78 is 0. The highest BCUT2D eigenvalue weighted by atomic mass is 35.5. The van der Waals surface area contributed by atoms with E-state index in [0.717, 1.165) is 4.90 Å². The molecule has 0 N–H and O–H groups in total. The largest absolute Gasteiger partial charge is 0.336 e. The first-order valence-corrected chi connectivity index (χ1v) is 6.09. The van der Waals surface area contributed by atoms with Crippen molar-refractivity contribution >= 4 is 30.1 Å². The molecule has 4 heteroatoms. The van der Waals surface area contributed by atoms with Gasteiger partial charge in [0.05, 0.1) is 10.6 Å². The molecule has 1 aromatic rings. The molecule has 0 fully saturated rings. The molecule has 1 rings (SSSR count). The lowest BCUT2D eigenvalue weighted by molar-refractivity contribution is 0.0717. The Morgan fingerprint density at radius 2 is 2.12 bits per heavy atom. The molecule has 1 aromatic carbocycles. The van der Waals surface area contributed by atoms with Crippen molar-refractivity contribution in [3.8, 4) is 0 Å². The number of hydrogen-bond acceptors (Lipinski definition) is 2. The van der Waals surface area contributed by atoms with E-state index in [1.807, 2.05) is 20.8 Å². The highest BCUT2D eigenvalue weighted by Crippen LogP contribution is 2.21. The molecule has 0 spiro atoms. The summed E-state index contributed by atoms with van der Waals surface area (Å²) in [6.07, 6.45) is 0. The summed E-state index contributed by atoms with van der Waals surface area (Å²) in [5.74, 6) is -0.0431. The summed E-state index contributed by atoms with van der Waals surface area (Å²) >= 11 is 10.2. The van der Waals surface area contributed by atoms with Crippen LogP contribution < -0.4 is 0 Å².